The fourth-order valence-corrected chi connectivity index (χ4v) is 1.62. The molecule has 0 heterocycles. The Hall–Kier alpha value is -1.99. The van der Waals surface area contributed by atoms with Gasteiger partial charge in [-0.25, -0.2) is 4.79 Å². The van der Waals surface area contributed by atoms with Crippen molar-refractivity contribution >= 4 is 11.7 Å². The number of hydrogen-bond donors (Lipinski definition) is 2. The molecule has 0 aliphatic rings. The van der Waals surface area contributed by atoms with Gasteiger partial charge in [0.15, 0.2) is 11.5 Å². The fraction of sp³-hybridized carbons (Fsp3) is 0.500. The molecular weight excluding hydrogens is 278 g/mol. The maximum Gasteiger partial charge on any atom is 0.337 e. The highest BCUT2D eigenvalue weighted by Crippen LogP contribution is 2.32. The Kier molecular flexibility index (Phi) is 7.34. The Morgan fingerprint density at radius 2 is 1.90 bits per heavy atom. The molecule has 0 amide bonds. The molecule has 1 aromatic rings. The van der Waals surface area contributed by atoms with Crippen LogP contribution in [-0.2, 0) is 9.47 Å². The van der Waals surface area contributed by atoms with Crippen molar-refractivity contribution in [1.29, 1.82) is 0 Å². The zero-order chi connectivity index (χ0) is 15.7. The largest absolute Gasteiger partial charge is 0.493 e. The lowest BCUT2D eigenvalue weighted by molar-refractivity contribution is 0.0642. The minimum absolute atomic E-state index is 0.0119. The van der Waals surface area contributed by atoms with E-state index in [0.29, 0.717) is 44.3 Å². The van der Waals surface area contributed by atoms with Gasteiger partial charge in [0, 0.05) is 32.3 Å². The number of methoxy groups -OCH3 is 2. The van der Waals surface area contributed by atoms with E-state index in [4.69, 9.17) is 29.8 Å². The molecule has 0 bridgehead atoms. The molecule has 0 spiro atoms. The molecule has 7 heteroatoms. The van der Waals surface area contributed by atoms with Crippen LogP contribution in [0.4, 0.5) is 5.69 Å². The number of hydrogen-bond acceptors (Lipinski definition) is 6. The highest BCUT2D eigenvalue weighted by Gasteiger charge is 2.14. The average molecular weight is 299 g/mol. The average Bonchev–Trinajstić information content (AvgIpc) is 2.46. The van der Waals surface area contributed by atoms with Gasteiger partial charge in [-0.15, -0.1) is 0 Å². The summed E-state index contributed by atoms with van der Waals surface area (Å²) in [5, 5.41) is 9.04. The summed E-state index contributed by atoms with van der Waals surface area (Å²) in [6, 6.07) is 2.80. The first-order valence-electron chi connectivity index (χ1n) is 6.50. The predicted octanol–water partition coefficient (Wildman–Crippen LogP) is 1.41. The molecule has 0 radical (unpaired) electrons. The third kappa shape index (κ3) is 5.49. The van der Waals surface area contributed by atoms with Crippen molar-refractivity contribution < 1.29 is 28.8 Å². The van der Waals surface area contributed by atoms with E-state index in [1.165, 1.54) is 19.2 Å². The van der Waals surface area contributed by atoms with Gasteiger partial charge in [0.05, 0.1) is 38.2 Å². The smallest absolute Gasteiger partial charge is 0.337 e. The SMILES string of the molecule is COCCOCCCOc1cc(C(=O)O)c(N)cc1OC. The van der Waals surface area contributed by atoms with Gasteiger partial charge in [-0.3, -0.25) is 0 Å². The van der Waals surface area contributed by atoms with Crippen LogP contribution in [0.2, 0.25) is 0 Å². The second kappa shape index (κ2) is 9.04. The maximum atomic E-state index is 11.0. The van der Waals surface area contributed by atoms with Crippen LogP contribution in [0.15, 0.2) is 12.1 Å². The van der Waals surface area contributed by atoms with Crippen molar-refractivity contribution in [3.63, 3.8) is 0 Å². The Morgan fingerprint density at radius 1 is 1.14 bits per heavy atom. The molecule has 1 rings (SSSR count). The summed E-state index contributed by atoms with van der Waals surface area (Å²) >= 11 is 0. The van der Waals surface area contributed by atoms with Crippen LogP contribution in [-0.4, -0.2) is 51.7 Å². The Labute approximate surface area is 123 Å². The van der Waals surface area contributed by atoms with E-state index in [2.05, 4.69) is 0 Å². The Balaban J connectivity index is 2.53. The molecular formula is C14H21NO6. The number of carboxylic acids is 1. The molecule has 0 aliphatic carbocycles. The van der Waals surface area contributed by atoms with Crippen molar-refractivity contribution in [2.24, 2.45) is 0 Å². The monoisotopic (exact) mass is 299 g/mol. The number of aromatic carboxylic acids is 1. The lowest BCUT2D eigenvalue weighted by Gasteiger charge is -2.13. The minimum Gasteiger partial charge on any atom is -0.493 e. The van der Waals surface area contributed by atoms with Gasteiger partial charge in [-0.05, 0) is 0 Å². The number of nitrogens with two attached hydrogens (primary N) is 1. The van der Waals surface area contributed by atoms with Gasteiger partial charge in [0.25, 0.3) is 0 Å². The molecule has 7 nitrogen and oxygen atoms in total. The van der Waals surface area contributed by atoms with Crippen LogP contribution in [0.1, 0.15) is 16.8 Å². The van der Waals surface area contributed by atoms with Gasteiger partial charge >= 0.3 is 5.97 Å². The van der Waals surface area contributed by atoms with E-state index in [1.807, 2.05) is 0 Å². The van der Waals surface area contributed by atoms with Gasteiger partial charge < -0.3 is 29.8 Å². The first kappa shape index (κ1) is 17.1. The Bertz CT molecular complexity index is 463. The van der Waals surface area contributed by atoms with Gasteiger partial charge in [0.2, 0.25) is 0 Å². The second-order valence-corrected chi connectivity index (χ2v) is 4.20. The molecule has 0 unspecified atom stereocenters. The van der Waals surface area contributed by atoms with E-state index >= 15 is 0 Å². The van der Waals surface area contributed by atoms with E-state index in [0.717, 1.165) is 0 Å². The number of rotatable bonds is 10. The highest BCUT2D eigenvalue weighted by molar-refractivity contribution is 5.94. The zero-order valence-electron chi connectivity index (χ0n) is 12.3. The van der Waals surface area contributed by atoms with Crippen LogP contribution >= 0.6 is 0 Å². The summed E-state index contributed by atoms with van der Waals surface area (Å²) in [7, 11) is 3.08. The number of benzene rings is 1. The zero-order valence-corrected chi connectivity index (χ0v) is 12.3. The molecule has 0 aromatic heterocycles. The van der Waals surface area contributed by atoms with Crippen LogP contribution < -0.4 is 15.2 Å². The number of nitrogen functional groups attached to an aromatic ring is 1. The van der Waals surface area contributed by atoms with Gasteiger partial charge in [0.1, 0.15) is 0 Å². The topological polar surface area (TPSA) is 100 Å². The molecule has 0 saturated carbocycles. The third-order valence-corrected chi connectivity index (χ3v) is 2.69. The van der Waals surface area contributed by atoms with Crippen molar-refractivity contribution in [1.82, 2.24) is 0 Å². The lowest BCUT2D eigenvalue weighted by Crippen LogP contribution is -2.08. The van der Waals surface area contributed by atoms with Gasteiger partial charge in [-0.2, -0.15) is 0 Å². The van der Waals surface area contributed by atoms with Crippen LogP contribution in [0, 0.1) is 0 Å². The minimum atomic E-state index is -1.11. The molecule has 21 heavy (non-hydrogen) atoms. The van der Waals surface area contributed by atoms with E-state index in [9.17, 15) is 4.79 Å². The molecule has 118 valence electrons. The first-order valence-corrected chi connectivity index (χ1v) is 6.50. The Morgan fingerprint density at radius 3 is 2.52 bits per heavy atom. The molecule has 1 aromatic carbocycles. The van der Waals surface area contributed by atoms with Crippen molar-refractivity contribution in [3.8, 4) is 11.5 Å². The van der Waals surface area contributed by atoms with E-state index < -0.39 is 5.97 Å². The molecule has 0 fully saturated rings. The molecule has 3 N–H and O–H groups in total. The third-order valence-electron chi connectivity index (χ3n) is 2.69. The first-order chi connectivity index (χ1) is 10.1. The van der Waals surface area contributed by atoms with Crippen molar-refractivity contribution in [3.05, 3.63) is 17.7 Å². The van der Waals surface area contributed by atoms with Crippen LogP contribution in [0.3, 0.4) is 0 Å². The maximum absolute atomic E-state index is 11.0. The lowest BCUT2D eigenvalue weighted by atomic mass is 10.1. The standard InChI is InChI=1S/C14H21NO6/c1-18-6-7-20-4-3-5-21-13-8-10(14(16)17)11(15)9-12(13)19-2/h8-9H,3-7,15H2,1-2H3,(H,16,17). The summed E-state index contributed by atoms with van der Waals surface area (Å²) < 4.78 is 20.8. The molecule has 0 saturated heterocycles. The number of carboxylic acid groups (broad SMARTS) is 1. The van der Waals surface area contributed by atoms with Crippen molar-refractivity contribution in [2.75, 3.05) is 46.4 Å². The summed E-state index contributed by atoms with van der Waals surface area (Å²) in [6.45, 7) is 2.00. The molecule has 0 atom stereocenters. The van der Waals surface area contributed by atoms with Crippen molar-refractivity contribution in [2.45, 2.75) is 6.42 Å². The number of anilines is 1. The summed E-state index contributed by atoms with van der Waals surface area (Å²) in [6.07, 6.45) is 0.666. The highest BCUT2D eigenvalue weighted by atomic mass is 16.5. The quantitative estimate of drug-likeness (QED) is 0.497. The molecule has 0 aliphatic heterocycles. The van der Waals surface area contributed by atoms with Gasteiger partial charge in [-0.1, -0.05) is 0 Å². The van der Waals surface area contributed by atoms with E-state index in [-0.39, 0.29) is 11.3 Å². The van der Waals surface area contributed by atoms with Crippen LogP contribution in [0.25, 0.3) is 0 Å². The predicted molar refractivity (Wildman–Crippen MR) is 77.2 cm³/mol. The summed E-state index contributed by atoms with van der Waals surface area (Å²) in [5.41, 5.74) is 5.76. The van der Waals surface area contributed by atoms with Crippen LogP contribution in [0.5, 0.6) is 11.5 Å². The normalized spacial score (nSPS) is 10.4. The summed E-state index contributed by atoms with van der Waals surface area (Å²) in [5.74, 6) is -0.360. The summed E-state index contributed by atoms with van der Waals surface area (Å²) in [4.78, 5) is 11.0. The number of ether oxygens (including phenoxy) is 4. The second-order valence-electron chi connectivity index (χ2n) is 4.20. The van der Waals surface area contributed by atoms with E-state index in [1.54, 1.807) is 7.11 Å². The fourth-order valence-electron chi connectivity index (χ4n) is 1.62. The number of carbonyl (C=O) groups is 1.